The molecule has 0 aromatic heterocycles. The summed E-state index contributed by atoms with van der Waals surface area (Å²) in [5, 5.41) is 0. The molecular formula is C13H16N2. The summed E-state index contributed by atoms with van der Waals surface area (Å²) in [6.45, 7) is 8.91. The van der Waals surface area contributed by atoms with Crippen molar-refractivity contribution in [3.63, 3.8) is 0 Å². The lowest BCUT2D eigenvalue weighted by Crippen LogP contribution is -2.13. The van der Waals surface area contributed by atoms with Gasteiger partial charge < -0.3 is 5.73 Å². The van der Waals surface area contributed by atoms with E-state index in [1.54, 1.807) is 0 Å². The first kappa shape index (κ1) is 9.97. The van der Waals surface area contributed by atoms with Gasteiger partial charge >= 0.3 is 0 Å². The highest BCUT2D eigenvalue weighted by Gasteiger charge is 2.20. The second-order valence-corrected chi connectivity index (χ2v) is 4.16. The molecule has 78 valence electrons. The van der Waals surface area contributed by atoms with Crippen LogP contribution in [0.1, 0.15) is 42.0 Å². The summed E-state index contributed by atoms with van der Waals surface area (Å²) in [6.07, 6.45) is 1.84. The van der Waals surface area contributed by atoms with Crippen LogP contribution in [0.2, 0.25) is 0 Å². The Bertz CT molecular complexity index is 442. The van der Waals surface area contributed by atoms with Crippen molar-refractivity contribution in [2.75, 3.05) is 0 Å². The maximum Gasteiger partial charge on any atom is 0.126 e. The molecule has 1 aliphatic heterocycles. The number of hydrogen-bond acceptors (Lipinski definition) is 2. The van der Waals surface area contributed by atoms with E-state index in [4.69, 9.17) is 5.73 Å². The zero-order valence-electron chi connectivity index (χ0n) is 9.25. The van der Waals surface area contributed by atoms with Gasteiger partial charge in [0.2, 0.25) is 0 Å². The zero-order valence-corrected chi connectivity index (χ0v) is 9.25. The third-order valence-corrected chi connectivity index (χ3v) is 2.89. The summed E-state index contributed by atoms with van der Waals surface area (Å²) in [6, 6.07) is 4.24. The van der Waals surface area contributed by atoms with Crippen LogP contribution in [-0.2, 0) is 6.54 Å². The van der Waals surface area contributed by atoms with Crippen LogP contribution in [0.25, 0.3) is 6.08 Å². The highest BCUT2D eigenvalue weighted by molar-refractivity contribution is 6.04. The van der Waals surface area contributed by atoms with Crippen molar-refractivity contribution in [2.45, 2.75) is 26.3 Å². The molecule has 2 nitrogen and oxygen atoms in total. The largest absolute Gasteiger partial charge is 0.383 e. The van der Waals surface area contributed by atoms with Gasteiger partial charge in [-0.1, -0.05) is 38.6 Å². The fourth-order valence-electron chi connectivity index (χ4n) is 2.11. The van der Waals surface area contributed by atoms with E-state index >= 15 is 0 Å². The van der Waals surface area contributed by atoms with Crippen molar-refractivity contribution < 1.29 is 0 Å². The molecule has 1 aliphatic rings. The summed E-state index contributed by atoms with van der Waals surface area (Å²) in [4.78, 5) is 4.30. The van der Waals surface area contributed by atoms with Crippen molar-refractivity contribution in [1.82, 2.24) is 0 Å². The van der Waals surface area contributed by atoms with Gasteiger partial charge in [-0.05, 0) is 22.6 Å². The lowest BCUT2D eigenvalue weighted by atomic mass is 9.91. The van der Waals surface area contributed by atoms with E-state index in [9.17, 15) is 0 Å². The molecule has 0 radical (unpaired) electrons. The van der Waals surface area contributed by atoms with Crippen molar-refractivity contribution >= 4 is 11.9 Å². The molecule has 0 fully saturated rings. The van der Waals surface area contributed by atoms with E-state index in [0.29, 0.717) is 11.8 Å². The number of nitrogens with two attached hydrogens (primary N) is 1. The maximum atomic E-state index is 5.89. The normalized spacial score (nSPS) is 13.9. The summed E-state index contributed by atoms with van der Waals surface area (Å²) >= 11 is 0. The van der Waals surface area contributed by atoms with E-state index < -0.39 is 0 Å². The molecule has 0 amide bonds. The fourth-order valence-corrected chi connectivity index (χ4v) is 2.11. The number of rotatable bonds is 2. The molecule has 0 saturated heterocycles. The smallest absolute Gasteiger partial charge is 0.126 e. The fraction of sp³-hybridized carbons (Fsp3) is 0.308. The molecule has 0 aliphatic carbocycles. The minimum Gasteiger partial charge on any atom is -0.383 e. The second kappa shape index (κ2) is 3.54. The Labute approximate surface area is 90.5 Å². The summed E-state index contributed by atoms with van der Waals surface area (Å²) < 4.78 is 0. The van der Waals surface area contributed by atoms with Crippen LogP contribution >= 0.6 is 0 Å². The van der Waals surface area contributed by atoms with Crippen molar-refractivity contribution in [1.29, 1.82) is 0 Å². The molecular weight excluding hydrogens is 184 g/mol. The van der Waals surface area contributed by atoms with Gasteiger partial charge in [-0.25, -0.2) is 0 Å². The molecule has 2 heteroatoms. The molecule has 0 unspecified atom stereocenters. The SMILES string of the molecule is C=Cc1ccc(C(C)C)c2c1C(N)=NC2. The monoisotopic (exact) mass is 200 g/mol. The lowest BCUT2D eigenvalue weighted by molar-refractivity contribution is 0.844. The molecule has 1 aromatic carbocycles. The van der Waals surface area contributed by atoms with Crippen molar-refractivity contribution in [3.05, 3.63) is 41.0 Å². The Morgan fingerprint density at radius 1 is 1.47 bits per heavy atom. The summed E-state index contributed by atoms with van der Waals surface area (Å²) in [5.41, 5.74) is 10.7. The Morgan fingerprint density at radius 2 is 2.20 bits per heavy atom. The van der Waals surface area contributed by atoms with Crippen molar-refractivity contribution in [2.24, 2.45) is 10.7 Å². The van der Waals surface area contributed by atoms with Crippen LogP contribution < -0.4 is 5.73 Å². The number of nitrogens with zero attached hydrogens (tertiary/aromatic N) is 1. The van der Waals surface area contributed by atoms with E-state index in [1.807, 2.05) is 6.08 Å². The van der Waals surface area contributed by atoms with Crippen LogP contribution in [0.15, 0.2) is 23.7 Å². The number of amidine groups is 1. The van der Waals surface area contributed by atoms with E-state index in [0.717, 1.165) is 17.7 Å². The Morgan fingerprint density at radius 3 is 2.80 bits per heavy atom. The van der Waals surface area contributed by atoms with Gasteiger partial charge in [0.05, 0.1) is 6.54 Å². The van der Waals surface area contributed by atoms with Crippen molar-refractivity contribution in [3.8, 4) is 0 Å². The molecule has 0 saturated carbocycles. The third kappa shape index (κ3) is 1.46. The summed E-state index contributed by atoms with van der Waals surface area (Å²) in [7, 11) is 0. The van der Waals surface area contributed by atoms with Crippen LogP contribution in [-0.4, -0.2) is 5.84 Å². The van der Waals surface area contributed by atoms with Gasteiger partial charge in [-0.3, -0.25) is 4.99 Å². The maximum absolute atomic E-state index is 5.89. The first-order valence-corrected chi connectivity index (χ1v) is 5.23. The number of hydrogen-bond donors (Lipinski definition) is 1. The topological polar surface area (TPSA) is 38.4 Å². The Kier molecular flexibility index (Phi) is 2.35. The first-order valence-electron chi connectivity index (χ1n) is 5.23. The van der Waals surface area contributed by atoms with Gasteiger partial charge in [0.1, 0.15) is 5.84 Å². The van der Waals surface area contributed by atoms with Crippen LogP contribution in [0, 0.1) is 0 Å². The predicted octanol–water partition coefficient (Wildman–Crippen LogP) is 2.67. The molecule has 0 spiro atoms. The highest BCUT2D eigenvalue weighted by atomic mass is 14.9. The van der Waals surface area contributed by atoms with Gasteiger partial charge in [-0.15, -0.1) is 0 Å². The predicted molar refractivity (Wildman–Crippen MR) is 65.1 cm³/mol. The third-order valence-electron chi connectivity index (χ3n) is 2.89. The molecule has 1 aromatic rings. The average molecular weight is 200 g/mol. The van der Waals surface area contributed by atoms with E-state index in [2.05, 4.69) is 37.6 Å². The summed E-state index contributed by atoms with van der Waals surface area (Å²) in [5.74, 6) is 1.17. The molecule has 2 N–H and O–H groups in total. The number of benzene rings is 1. The molecule has 1 heterocycles. The molecule has 0 bridgehead atoms. The highest BCUT2D eigenvalue weighted by Crippen LogP contribution is 2.30. The molecule has 15 heavy (non-hydrogen) atoms. The van der Waals surface area contributed by atoms with E-state index in [1.165, 1.54) is 11.1 Å². The average Bonchev–Trinajstić information content (AvgIpc) is 2.60. The number of aliphatic imine (C=N–C) groups is 1. The first-order chi connectivity index (χ1) is 7.15. The quantitative estimate of drug-likeness (QED) is 0.783. The van der Waals surface area contributed by atoms with Crippen LogP contribution in [0.4, 0.5) is 0 Å². The van der Waals surface area contributed by atoms with Crippen LogP contribution in [0.3, 0.4) is 0 Å². The van der Waals surface area contributed by atoms with Gasteiger partial charge in [0.15, 0.2) is 0 Å². The van der Waals surface area contributed by atoms with E-state index in [-0.39, 0.29) is 0 Å². The zero-order chi connectivity index (χ0) is 11.0. The molecule has 2 rings (SSSR count). The second-order valence-electron chi connectivity index (χ2n) is 4.16. The number of fused-ring (bicyclic) bond motifs is 1. The Hall–Kier alpha value is -1.57. The Balaban J connectivity index is 2.66. The van der Waals surface area contributed by atoms with Gasteiger partial charge in [-0.2, -0.15) is 0 Å². The standard InChI is InChI=1S/C13H16N2/c1-4-9-5-6-10(8(2)3)11-7-15-13(14)12(9)11/h4-6,8H,1,7H2,2-3H3,(H2,14,15). The lowest BCUT2D eigenvalue weighted by Gasteiger charge is -2.13. The van der Waals surface area contributed by atoms with Gasteiger partial charge in [0.25, 0.3) is 0 Å². The molecule has 0 atom stereocenters. The minimum atomic E-state index is 0.513. The minimum absolute atomic E-state index is 0.513. The van der Waals surface area contributed by atoms with Gasteiger partial charge in [0, 0.05) is 5.56 Å². The van der Waals surface area contributed by atoms with Crippen LogP contribution in [0.5, 0.6) is 0 Å².